The molecule has 3 aromatic rings. The van der Waals surface area contributed by atoms with Gasteiger partial charge in [-0.25, -0.2) is 0 Å². The Kier molecular flexibility index (Phi) is 4.73. The Hall–Kier alpha value is -2.99. The fraction of sp³-hybridized carbons (Fsp3) is 0.143. The summed E-state index contributed by atoms with van der Waals surface area (Å²) in [5, 5.41) is 2.70. The van der Waals surface area contributed by atoms with Crippen LogP contribution in [0, 0.1) is 6.92 Å². The highest BCUT2D eigenvalue weighted by molar-refractivity contribution is 8.00. The van der Waals surface area contributed by atoms with Crippen LogP contribution in [0.25, 0.3) is 0 Å². The van der Waals surface area contributed by atoms with Gasteiger partial charge < -0.3 is 9.73 Å². The summed E-state index contributed by atoms with van der Waals surface area (Å²) in [6.07, 6.45) is 1.46. The smallest absolute Gasteiger partial charge is 0.291 e. The van der Waals surface area contributed by atoms with Gasteiger partial charge >= 0.3 is 0 Å². The van der Waals surface area contributed by atoms with Gasteiger partial charge in [-0.05, 0) is 37.3 Å². The molecule has 1 aliphatic rings. The van der Waals surface area contributed by atoms with Crippen molar-refractivity contribution in [3.8, 4) is 0 Å². The number of benzene rings is 2. The quantitative estimate of drug-likeness (QED) is 0.720. The van der Waals surface area contributed by atoms with Crippen molar-refractivity contribution in [3.05, 3.63) is 83.8 Å². The molecule has 1 saturated heterocycles. The van der Waals surface area contributed by atoms with E-state index in [-0.39, 0.29) is 22.9 Å². The number of nitrogens with one attached hydrogen (secondary N) is 1. The molecule has 0 radical (unpaired) electrons. The minimum atomic E-state index is -0.316. The van der Waals surface area contributed by atoms with Crippen molar-refractivity contribution in [2.75, 3.05) is 16.0 Å². The van der Waals surface area contributed by atoms with Crippen molar-refractivity contribution < 1.29 is 14.0 Å². The number of furan rings is 1. The average Bonchev–Trinajstić information content (AvgIpc) is 3.33. The molecular formula is C21H18N2O3S. The minimum Gasteiger partial charge on any atom is -0.459 e. The maximum absolute atomic E-state index is 12.6. The van der Waals surface area contributed by atoms with Crippen molar-refractivity contribution in [2.24, 2.45) is 0 Å². The molecular weight excluding hydrogens is 360 g/mol. The zero-order valence-corrected chi connectivity index (χ0v) is 15.5. The first kappa shape index (κ1) is 17.4. The van der Waals surface area contributed by atoms with E-state index in [1.165, 1.54) is 6.26 Å². The summed E-state index contributed by atoms with van der Waals surface area (Å²) in [5.74, 6) is 0.388. The van der Waals surface area contributed by atoms with Gasteiger partial charge in [0.15, 0.2) is 5.76 Å². The molecule has 1 atom stereocenters. The molecule has 5 nitrogen and oxygen atoms in total. The molecule has 136 valence electrons. The van der Waals surface area contributed by atoms with Crippen molar-refractivity contribution in [1.82, 2.24) is 0 Å². The molecule has 1 aliphatic heterocycles. The lowest BCUT2D eigenvalue weighted by Crippen LogP contribution is -2.28. The van der Waals surface area contributed by atoms with Crippen LogP contribution in [0.3, 0.4) is 0 Å². The molecule has 0 aliphatic carbocycles. The number of aryl methyl sites for hydroxylation is 1. The molecule has 1 fully saturated rings. The highest BCUT2D eigenvalue weighted by Gasteiger charge is 2.35. The zero-order valence-electron chi connectivity index (χ0n) is 14.7. The normalized spacial score (nSPS) is 16.6. The van der Waals surface area contributed by atoms with Crippen LogP contribution in [0.4, 0.5) is 11.4 Å². The van der Waals surface area contributed by atoms with Gasteiger partial charge in [-0.1, -0.05) is 35.9 Å². The van der Waals surface area contributed by atoms with Crippen molar-refractivity contribution in [1.29, 1.82) is 0 Å². The van der Waals surface area contributed by atoms with Gasteiger partial charge in [0.25, 0.3) is 5.91 Å². The van der Waals surface area contributed by atoms with Crippen LogP contribution >= 0.6 is 11.8 Å². The van der Waals surface area contributed by atoms with Crippen LogP contribution in [-0.2, 0) is 4.79 Å². The Labute approximate surface area is 161 Å². The Morgan fingerprint density at radius 2 is 1.89 bits per heavy atom. The number of carbonyl (C=O) groups excluding carboxylic acids is 2. The zero-order chi connectivity index (χ0) is 18.8. The molecule has 1 N–H and O–H groups in total. The summed E-state index contributed by atoms with van der Waals surface area (Å²) in [6.45, 7) is 2.02. The number of hydrogen-bond donors (Lipinski definition) is 1. The third kappa shape index (κ3) is 3.48. The van der Waals surface area contributed by atoms with Crippen LogP contribution < -0.4 is 10.2 Å². The van der Waals surface area contributed by atoms with Crippen LogP contribution in [0.15, 0.2) is 71.3 Å². The van der Waals surface area contributed by atoms with Crippen LogP contribution in [-0.4, -0.2) is 17.6 Å². The van der Waals surface area contributed by atoms with E-state index in [2.05, 4.69) is 5.32 Å². The molecule has 2 aromatic carbocycles. The van der Waals surface area contributed by atoms with Gasteiger partial charge in [-0.15, -0.1) is 11.8 Å². The van der Waals surface area contributed by atoms with Gasteiger partial charge in [-0.2, -0.15) is 0 Å². The van der Waals surface area contributed by atoms with Crippen LogP contribution in [0.1, 0.15) is 27.1 Å². The lowest BCUT2D eigenvalue weighted by molar-refractivity contribution is -0.115. The number of amides is 2. The number of thioether (sulfide) groups is 1. The molecule has 2 heterocycles. The summed E-state index contributed by atoms with van der Waals surface area (Å²) in [5.41, 5.74) is 3.55. The second-order valence-electron chi connectivity index (χ2n) is 6.28. The third-order valence-electron chi connectivity index (χ3n) is 4.40. The number of para-hydroxylation sites is 1. The third-order valence-corrected chi connectivity index (χ3v) is 5.59. The van der Waals surface area contributed by atoms with Gasteiger partial charge in [-0.3, -0.25) is 14.5 Å². The van der Waals surface area contributed by atoms with E-state index in [1.807, 2.05) is 55.5 Å². The predicted molar refractivity (Wildman–Crippen MR) is 107 cm³/mol. The van der Waals surface area contributed by atoms with Crippen molar-refractivity contribution >= 4 is 35.0 Å². The first-order chi connectivity index (χ1) is 13.1. The van der Waals surface area contributed by atoms with E-state index in [4.69, 9.17) is 4.42 Å². The largest absolute Gasteiger partial charge is 0.459 e. The standard InChI is InChI=1S/C21H18N2O3S/c1-14-8-10-15(11-9-14)23-19(24)13-27-21(23)16-5-2-3-6-17(16)22-20(25)18-7-4-12-26-18/h2-12,21H,13H2,1H3,(H,22,25)/t21-/m1/s1. The number of carbonyl (C=O) groups is 2. The highest BCUT2D eigenvalue weighted by Crippen LogP contribution is 2.44. The first-order valence-corrected chi connectivity index (χ1v) is 9.62. The van der Waals surface area contributed by atoms with Crippen LogP contribution in [0.2, 0.25) is 0 Å². The van der Waals surface area contributed by atoms with Gasteiger partial charge in [0.05, 0.1) is 12.0 Å². The van der Waals surface area contributed by atoms with E-state index >= 15 is 0 Å². The number of rotatable bonds is 4. The molecule has 0 unspecified atom stereocenters. The predicted octanol–water partition coefficient (Wildman–Crippen LogP) is 4.62. The Bertz CT molecular complexity index is 967. The summed E-state index contributed by atoms with van der Waals surface area (Å²) >= 11 is 1.55. The fourth-order valence-corrected chi connectivity index (χ4v) is 4.27. The Balaban J connectivity index is 1.67. The van der Waals surface area contributed by atoms with E-state index in [0.29, 0.717) is 11.4 Å². The summed E-state index contributed by atoms with van der Waals surface area (Å²) in [4.78, 5) is 26.8. The van der Waals surface area contributed by atoms with Crippen molar-refractivity contribution in [2.45, 2.75) is 12.3 Å². The molecule has 1 aromatic heterocycles. The van der Waals surface area contributed by atoms with Crippen molar-refractivity contribution in [3.63, 3.8) is 0 Å². The summed E-state index contributed by atoms with van der Waals surface area (Å²) in [7, 11) is 0. The monoisotopic (exact) mass is 378 g/mol. The van der Waals surface area contributed by atoms with E-state index in [1.54, 1.807) is 28.8 Å². The Morgan fingerprint density at radius 1 is 1.11 bits per heavy atom. The number of nitrogens with zero attached hydrogens (tertiary/aromatic N) is 1. The highest BCUT2D eigenvalue weighted by atomic mass is 32.2. The first-order valence-electron chi connectivity index (χ1n) is 8.57. The second-order valence-corrected chi connectivity index (χ2v) is 7.35. The molecule has 0 saturated carbocycles. The van der Waals surface area contributed by atoms with Gasteiger partial charge in [0, 0.05) is 16.9 Å². The molecule has 6 heteroatoms. The maximum Gasteiger partial charge on any atom is 0.291 e. The van der Waals surface area contributed by atoms with E-state index < -0.39 is 0 Å². The summed E-state index contributed by atoms with van der Waals surface area (Å²) in [6, 6.07) is 18.7. The molecule has 4 rings (SSSR count). The minimum absolute atomic E-state index is 0.0565. The lowest BCUT2D eigenvalue weighted by Gasteiger charge is -2.26. The number of hydrogen-bond acceptors (Lipinski definition) is 4. The molecule has 0 bridgehead atoms. The maximum atomic E-state index is 12.6. The summed E-state index contributed by atoms with van der Waals surface area (Å²) < 4.78 is 5.17. The van der Waals surface area contributed by atoms with Gasteiger partial charge in [0.1, 0.15) is 5.37 Å². The van der Waals surface area contributed by atoms with E-state index in [0.717, 1.165) is 16.8 Å². The van der Waals surface area contributed by atoms with Gasteiger partial charge in [0.2, 0.25) is 5.91 Å². The SMILES string of the molecule is Cc1ccc(N2C(=O)CS[C@@H]2c2ccccc2NC(=O)c2ccco2)cc1. The molecule has 2 amide bonds. The number of anilines is 2. The topological polar surface area (TPSA) is 62.6 Å². The average molecular weight is 378 g/mol. The van der Waals surface area contributed by atoms with E-state index in [9.17, 15) is 9.59 Å². The Morgan fingerprint density at radius 3 is 2.63 bits per heavy atom. The lowest BCUT2D eigenvalue weighted by atomic mass is 10.1. The van der Waals surface area contributed by atoms with Crippen LogP contribution in [0.5, 0.6) is 0 Å². The molecule has 27 heavy (non-hydrogen) atoms. The fourth-order valence-electron chi connectivity index (χ4n) is 3.06. The molecule has 0 spiro atoms. The second kappa shape index (κ2) is 7.32.